The minimum absolute atomic E-state index is 0.148. The van der Waals surface area contributed by atoms with Gasteiger partial charge in [0.2, 0.25) is 5.91 Å². The number of benzene rings is 1. The molecular weight excluding hydrogens is 424 g/mol. The highest BCUT2D eigenvalue weighted by atomic mass is 16.5. The fourth-order valence-electron chi connectivity index (χ4n) is 3.25. The first-order valence-electron chi connectivity index (χ1n) is 10.2. The molecule has 2 N–H and O–H groups in total. The molecule has 1 aromatic carbocycles. The molecular formula is C24H24N4O5. The van der Waals surface area contributed by atoms with E-state index >= 15 is 0 Å². The zero-order chi connectivity index (χ0) is 24.0. The van der Waals surface area contributed by atoms with Crippen LogP contribution < -0.4 is 10.6 Å². The minimum Gasteiger partial charge on any atom is -0.467 e. The Hall–Kier alpha value is -4.32. The smallest absolute Gasteiger partial charge is 0.338 e. The van der Waals surface area contributed by atoms with Crippen LogP contribution >= 0.6 is 0 Å². The lowest BCUT2D eigenvalue weighted by molar-refractivity contribution is -0.119. The van der Waals surface area contributed by atoms with Crippen molar-refractivity contribution in [1.82, 2.24) is 9.88 Å². The summed E-state index contributed by atoms with van der Waals surface area (Å²) in [6.07, 6.45) is 1.55. The molecule has 2 aromatic heterocycles. The van der Waals surface area contributed by atoms with E-state index in [1.807, 2.05) is 6.92 Å². The first kappa shape index (κ1) is 23.3. The molecule has 0 spiro atoms. The lowest BCUT2D eigenvalue weighted by Crippen LogP contribution is -2.23. The molecule has 170 valence electrons. The standard InChI is InChI=1S/C24H24N4O5/c1-15-16(2)28(13-20-5-4-10-32-20)23(21(15)11-25)27-22(30)14-33-24(31)19-8-6-18(7-9-19)12-26-17(3)29/h4-10H,12-14H2,1-3H3,(H,26,29)(H,27,30). The Morgan fingerprint density at radius 3 is 2.48 bits per heavy atom. The van der Waals surface area contributed by atoms with Crippen LogP contribution in [0.2, 0.25) is 0 Å². The van der Waals surface area contributed by atoms with Gasteiger partial charge in [0.15, 0.2) is 6.61 Å². The van der Waals surface area contributed by atoms with Crippen LogP contribution in [-0.2, 0) is 27.4 Å². The molecule has 0 bridgehead atoms. The van der Waals surface area contributed by atoms with Crippen LogP contribution in [0.25, 0.3) is 0 Å². The summed E-state index contributed by atoms with van der Waals surface area (Å²) in [7, 11) is 0. The second-order valence-corrected chi connectivity index (χ2v) is 7.44. The first-order valence-corrected chi connectivity index (χ1v) is 10.2. The van der Waals surface area contributed by atoms with E-state index in [1.165, 1.54) is 6.92 Å². The third-order valence-electron chi connectivity index (χ3n) is 5.16. The molecule has 0 aliphatic carbocycles. The fourth-order valence-corrected chi connectivity index (χ4v) is 3.25. The molecule has 0 saturated heterocycles. The molecule has 3 rings (SSSR count). The lowest BCUT2D eigenvalue weighted by Gasteiger charge is -2.12. The largest absolute Gasteiger partial charge is 0.467 e. The number of anilines is 1. The van der Waals surface area contributed by atoms with Gasteiger partial charge in [-0.2, -0.15) is 5.26 Å². The number of nitriles is 1. The lowest BCUT2D eigenvalue weighted by atomic mass is 10.1. The molecule has 0 aliphatic rings. The van der Waals surface area contributed by atoms with Gasteiger partial charge < -0.3 is 24.4 Å². The molecule has 2 amide bonds. The molecule has 9 heteroatoms. The Labute approximate surface area is 190 Å². The minimum atomic E-state index is -0.657. The highest BCUT2D eigenvalue weighted by Crippen LogP contribution is 2.27. The fraction of sp³-hybridized carbons (Fsp3) is 0.250. The monoisotopic (exact) mass is 448 g/mol. The Kier molecular flexibility index (Phi) is 7.31. The molecule has 0 radical (unpaired) electrons. The second-order valence-electron chi connectivity index (χ2n) is 7.44. The number of rotatable bonds is 8. The highest BCUT2D eigenvalue weighted by molar-refractivity contribution is 5.96. The van der Waals surface area contributed by atoms with Gasteiger partial charge in [0.1, 0.15) is 17.6 Å². The summed E-state index contributed by atoms with van der Waals surface area (Å²) >= 11 is 0. The second kappa shape index (κ2) is 10.3. The maximum Gasteiger partial charge on any atom is 0.338 e. The van der Waals surface area contributed by atoms with E-state index < -0.39 is 18.5 Å². The van der Waals surface area contributed by atoms with Gasteiger partial charge in [-0.25, -0.2) is 4.79 Å². The van der Waals surface area contributed by atoms with E-state index in [0.717, 1.165) is 16.8 Å². The van der Waals surface area contributed by atoms with E-state index in [0.29, 0.717) is 30.2 Å². The number of nitrogens with one attached hydrogen (secondary N) is 2. The number of aromatic nitrogens is 1. The van der Waals surface area contributed by atoms with Gasteiger partial charge in [-0.3, -0.25) is 9.59 Å². The zero-order valence-corrected chi connectivity index (χ0v) is 18.6. The highest BCUT2D eigenvalue weighted by Gasteiger charge is 2.21. The summed E-state index contributed by atoms with van der Waals surface area (Å²) in [6.45, 7) is 5.25. The number of carbonyl (C=O) groups excluding carboxylic acids is 3. The average molecular weight is 448 g/mol. The van der Waals surface area contributed by atoms with Crippen molar-refractivity contribution in [1.29, 1.82) is 5.26 Å². The number of hydrogen-bond acceptors (Lipinski definition) is 6. The topological polar surface area (TPSA) is 126 Å². The molecule has 0 aliphatic heterocycles. The van der Waals surface area contributed by atoms with Crippen molar-refractivity contribution >= 4 is 23.6 Å². The summed E-state index contributed by atoms with van der Waals surface area (Å²) < 4.78 is 12.3. The number of carbonyl (C=O) groups is 3. The van der Waals surface area contributed by atoms with E-state index in [4.69, 9.17) is 9.15 Å². The Morgan fingerprint density at radius 1 is 1.15 bits per heavy atom. The van der Waals surface area contributed by atoms with E-state index in [9.17, 15) is 19.6 Å². The maximum absolute atomic E-state index is 12.5. The van der Waals surface area contributed by atoms with Crippen molar-refractivity contribution in [3.05, 3.63) is 76.4 Å². The summed E-state index contributed by atoms with van der Waals surface area (Å²) in [4.78, 5) is 35.8. The van der Waals surface area contributed by atoms with Crippen LogP contribution in [0.15, 0.2) is 47.1 Å². The van der Waals surface area contributed by atoms with Gasteiger partial charge in [0.25, 0.3) is 5.91 Å². The Morgan fingerprint density at radius 2 is 1.88 bits per heavy atom. The van der Waals surface area contributed by atoms with Crippen molar-refractivity contribution < 1.29 is 23.5 Å². The molecule has 9 nitrogen and oxygen atoms in total. The van der Waals surface area contributed by atoms with Crippen molar-refractivity contribution in [3.63, 3.8) is 0 Å². The van der Waals surface area contributed by atoms with Gasteiger partial charge >= 0.3 is 5.97 Å². The van der Waals surface area contributed by atoms with E-state index in [-0.39, 0.29) is 11.5 Å². The van der Waals surface area contributed by atoms with Gasteiger partial charge in [-0.05, 0) is 49.2 Å². The van der Waals surface area contributed by atoms with Crippen LogP contribution in [0.4, 0.5) is 5.82 Å². The molecule has 0 fully saturated rings. The van der Waals surface area contributed by atoms with E-state index in [2.05, 4.69) is 16.7 Å². The van der Waals surface area contributed by atoms with Crippen molar-refractivity contribution in [2.24, 2.45) is 0 Å². The number of amides is 2. The van der Waals surface area contributed by atoms with Crippen molar-refractivity contribution in [2.45, 2.75) is 33.9 Å². The Balaban J connectivity index is 1.65. The van der Waals surface area contributed by atoms with Crippen molar-refractivity contribution in [2.75, 3.05) is 11.9 Å². The summed E-state index contributed by atoms with van der Waals surface area (Å²) in [5.41, 5.74) is 3.00. The quantitative estimate of drug-likeness (QED) is 0.510. The molecule has 33 heavy (non-hydrogen) atoms. The first-order chi connectivity index (χ1) is 15.8. The number of nitrogens with zero attached hydrogens (tertiary/aromatic N) is 2. The zero-order valence-electron chi connectivity index (χ0n) is 18.6. The van der Waals surface area contributed by atoms with Crippen LogP contribution in [0, 0.1) is 25.2 Å². The molecule has 0 saturated carbocycles. The summed E-state index contributed by atoms with van der Waals surface area (Å²) in [6, 6.07) is 12.2. The summed E-state index contributed by atoms with van der Waals surface area (Å²) in [5, 5.41) is 14.9. The van der Waals surface area contributed by atoms with Crippen LogP contribution in [0.1, 0.15) is 45.4 Å². The molecule has 0 atom stereocenters. The number of hydrogen-bond donors (Lipinski definition) is 2. The molecule has 0 unspecified atom stereocenters. The number of ether oxygens (including phenoxy) is 1. The van der Waals surface area contributed by atoms with Crippen LogP contribution in [-0.4, -0.2) is 29.0 Å². The average Bonchev–Trinajstić information content (AvgIpc) is 3.39. The van der Waals surface area contributed by atoms with Crippen LogP contribution in [0.3, 0.4) is 0 Å². The van der Waals surface area contributed by atoms with Gasteiger partial charge in [0, 0.05) is 19.2 Å². The number of furan rings is 1. The SMILES string of the molecule is CC(=O)NCc1ccc(C(=O)OCC(=O)Nc2c(C#N)c(C)c(C)n2Cc2ccco2)cc1. The molecule has 3 aromatic rings. The predicted molar refractivity (Wildman–Crippen MR) is 119 cm³/mol. The Bertz CT molecular complexity index is 1200. The van der Waals surface area contributed by atoms with Crippen molar-refractivity contribution in [3.8, 4) is 6.07 Å². The summed E-state index contributed by atoms with van der Waals surface area (Å²) in [5.74, 6) is -0.381. The maximum atomic E-state index is 12.5. The van der Waals surface area contributed by atoms with Gasteiger partial charge in [-0.1, -0.05) is 12.1 Å². The third-order valence-corrected chi connectivity index (χ3v) is 5.16. The van der Waals surface area contributed by atoms with Gasteiger partial charge in [0.05, 0.1) is 23.9 Å². The third kappa shape index (κ3) is 5.68. The predicted octanol–water partition coefficient (Wildman–Crippen LogP) is 3.05. The normalized spacial score (nSPS) is 10.4. The molecule has 2 heterocycles. The number of esters is 1. The van der Waals surface area contributed by atoms with Crippen LogP contribution in [0.5, 0.6) is 0 Å². The van der Waals surface area contributed by atoms with E-state index in [1.54, 1.807) is 54.2 Å². The van der Waals surface area contributed by atoms with Gasteiger partial charge in [-0.15, -0.1) is 0 Å².